The summed E-state index contributed by atoms with van der Waals surface area (Å²) in [4.78, 5) is 19.6. The molecular weight excluding hydrogens is 467 g/mol. The van der Waals surface area contributed by atoms with E-state index in [4.69, 9.17) is 9.51 Å². The Morgan fingerprint density at radius 2 is 1.59 bits per heavy atom. The molecule has 37 heavy (non-hydrogen) atoms. The minimum absolute atomic E-state index is 0.313. The minimum atomic E-state index is -0.494. The summed E-state index contributed by atoms with van der Waals surface area (Å²) < 4.78 is 19.8. The number of rotatable bonds is 6. The molecule has 0 saturated carbocycles. The Balaban J connectivity index is 1.63. The van der Waals surface area contributed by atoms with Crippen LogP contribution in [0, 0.1) is 12.7 Å². The molecule has 0 aliphatic carbocycles. The van der Waals surface area contributed by atoms with Gasteiger partial charge in [-0.05, 0) is 67.1 Å². The molecule has 1 aromatic heterocycles. The van der Waals surface area contributed by atoms with Crippen LogP contribution in [-0.2, 0) is 12.8 Å². The quantitative estimate of drug-likeness (QED) is 0.312. The lowest BCUT2D eigenvalue weighted by atomic mass is 9.93. The van der Waals surface area contributed by atoms with Crippen LogP contribution in [-0.4, -0.2) is 16.2 Å². The van der Waals surface area contributed by atoms with Gasteiger partial charge in [0.25, 0.3) is 5.89 Å². The van der Waals surface area contributed by atoms with Crippen molar-refractivity contribution in [3.8, 4) is 11.4 Å². The highest BCUT2D eigenvalue weighted by atomic mass is 19.1. The highest BCUT2D eigenvalue weighted by Gasteiger charge is 2.36. The van der Waals surface area contributed by atoms with Gasteiger partial charge in [-0.1, -0.05) is 67.5 Å². The van der Waals surface area contributed by atoms with Crippen LogP contribution in [0.25, 0.3) is 17.0 Å². The summed E-state index contributed by atoms with van der Waals surface area (Å²) in [5.74, 6) is 0.465. The van der Waals surface area contributed by atoms with E-state index in [-0.39, 0.29) is 11.8 Å². The number of carbonyl (C=O) groups is 1. The number of benzene rings is 3. The Morgan fingerprint density at radius 1 is 0.946 bits per heavy atom. The summed E-state index contributed by atoms with van der Waals surface area (Å²) in [6.07, 6.45) is 1.86. The number of nitrogens with one attached hydrogen (secondary N) is 1. The van der Waals surface area contributed by atoms with Gasteiger partial charge in [-0.25, -0.2) is 9.18 Å². The van der Waals surface area contributed by atoms with E-state index >= 15 is 0 Å². The molecule has 188 valence electrons. The van der Waals surface area contributed by atoms with E-state index in [0.717, 1.165) is 24.0 Å². The first kappa shape index (κ1) is 24.4. The van der Waals surface area contributed by atoms with E-state index in [2.05, 4.69) is 36.5 Å². The lowest BCUT2D eigenvalue weighted by Crippen LogP contribution is -2.46. The molecule has 1 N–H and O–H groups in total. The smallest absolute Gasteiger partial charge is 0.326 e. The number of anilines is 1. The molecule has 0 bridgehead atoms. The first-order valence-electron chi connectivity index (χ1n) is 12.5. The lowest BCUT2D eigenvalue weighted by molar-refractivity contribution is 0.244. The SMILES string of the molecule is CCc1ccc(-c2noc(C3=C(C)N(c4ccc(F)c(C)c4)C(=O)NC3c3ccc(CC)cc3)n2)cc1. The van der Waals surface area contributed by atoms with Crippen LogP contribution in [0.1, 0.15) is 55.0 Å². The van der Waals surface area contributed by atoms with Crippen molar-refractivity contribution in [1.29, 1.82) is 0 Å². The number of amides is 2. The van der Waals surface area contributed by atoms with E-state index < -0.39 is 6.04 Å². The second-order valence-corrected chi connectivity index (χ2v) is 9.22. The molecule has 0 radical (unpaired) electrons. The highest BCUT2D eigenvalue weighted by Crippen LogP contribution is 2.39. The van der Waals surface area contributed by atoms with Crippen molar-refractivity contribution in [1.82, 2.24) is 15.5 Å². The Labute approximate surface area is 215 Å². The Morgan fingerprint density at radius 3 is 2.22 bits per heavy atom. The zero-order chi connectivity index (χ0) is 26.1. The molecule has 0 fully saturated rings. The van der Waals surface area contributed by atoms with Gasteiger partial charge >= 0.3 is 6.03 Å². The fraction of sp³-hybridized carbons (Fsp3) is 0.233. The van der Waals surface area contributed by atoms with Gasteiger partial charge in [0.2, 0.25) is 5.82 Å². The van der Waals surface area contributed by atoms with Gasteiger partial charge in [-0.15, -0.1) is 0 Å². The van der Waals surface area contributed by atoms with Crippen molar-refractivity contribution in [3.05, 3.63) is 106 Å². The molecule has 5 rings (SSSR count). The second-order valence-electron chi connectivity index (χ2n) is 9.22. The maximum Gasteiger partial charge on any atom is 0.326 e. The summed E-state index contributed by atoms with van der Waals surface area (Å²) >= 11 is 0. The number of aromatic nitrogens is 2. The maximum atomic E-state index is 14.0. The van der Waals surface area contributed by atoms with E-state index in [9.17, 15) is 9.18 Å². The van der Waals surface area contributed by atoms with Gasteiger partial charge in [-0.2, -0.15) is 4.98 Å². The fourth-order valence-corrected chi connectivity index (χ4v) is 4.63. The average molecular weight is 497 g/mol. The predicted octanol–water partition coefficient (Wildman–Crippen LogP) is 7.01. The molecule has 4 aromatic rings. The third-order valence-corrected chi connectivity index (χ3v) is 6.88. The number of hydrogen-bond donors (Lipinski definition) is 1. The zero-order valence-electron chi connectivity index (χ0n) is 21.4. The summed E-state index contributed by atoms with van der Waals surface area (Å²) in [5.41, 5.74) is 6.51. The summed E-state index contributed by atoms with van der Waals surface area (Å²) in [7, 11) is 0. The molecule has 7 heteroatoms. The van der Waals surface area contributed by atoms with Crippen molar-refractivity contribution in [2.75, 3.05) is 4.90 Å². The molecule has 3 aromatic carbocycles. The van der Waals surface area contributed by atoms with Crippen molar-refractivity contribution in [2.24, 2.45) is 0 Å². The van der Waals surface area contributed by atoms with Crippen molar-refractivity contribution < 1.29 is 13.7 Å². The van der Waals surface area contributed by atoms with Gasteiger partial charge in [0, 0.05) is 11.3 Å². The molecule has 2 heterocycles. The summed E-state index contributed by atoms with van der Waals surface area (Å²) in [6.45, 7) is 7.73. The molecule has 1 aliphatic heterocycles. The average Bonchev–Trinajstić information content (AvgIpc) is 3.40. The maximum absolute atomic E-state index is 14.0. The van der Waals surface area contributed by atoms with Crippen molar-refractivity contribution in [2.45, 2.75) is 46.6 Å². The van der Waals surface area contributed by atoms with Gasteiger partial charge in [0.1, 0.15) is 5.82 Å². The Hall–Kier alpha value is -4.26. The summed E-state index contributed by atoms with van der Waals surface area (Å²) in [5, 5.41) is 7.35. The normalized spacial score (nSPS) is 15.8. The van der Waals surface area contributed by atoms with Crippen LogP contribution in [0.2, 0.25) is 0 Å². The van der Waals surface area contributed by atoms with Crippen LogP contribution < -0.4 is 10.2 Å². The number of hydrogen-bond acceptors (Lipinski definition) is 4. The van der Waals surface area contributed by atoms with E-state index in [1.807, 2.05) is 43.3 Å². The third kappa shape index (κ3) is 4.65. The van der Waals surface area contributed by atoms with Crippen LogP contribution in [0.15, 0.2) is 77.0 Å². The van der Waals surface area contributed by atoms with Gasteiger partial charge < -0.3 is 9.84 Å². The first-order valence-corrected chi connectivity index (χ1v) is 12.5. The topological polar surface area (TPSA) is 71.3 Å². The molecule has 6 nitrogen and oxygen atoms in total. The minimum Gasteiger partial charge on any atom is -0.334 e. The Bertz CT molecular complexity index is 1470. The summed E-state index contributed by atoms with van der Waals surface area (Å²) in [6, 6.07) is 20.0. The van der Waals surface area contributed by atoms with Gasteiger partial charge in [-0.3, -0.25) is 4.90 Å². The number of halogens is 1. The standard InChI is InChI=1S/C30H29FN4O2/c1-5-20-7-11-22(12-8-20)27-26(29-33-28(34-37-29)23-13-9-21(6-2)10-14-23)19(4)35(30(36)32-27)24-15-16-25(31)18(3)17-24/h7-17,27H,5-6H2,1-4H3,(H,32,36). The molecule has 0 saturated heterocycles. The van der Waals surface area contributed by atoms with Crippen LogP contribution in [0.3, 0.4) is 0 Å². The number of aryl methyl sites for hydroxylation is 3. The molecule has 1 atom stereocenters. The van der Waals surface area contributed by atoms with E-state index in [0.29, 0.717) is 34.2 Å². The predicted molar refractivity (Wildman–Crippen MR) is 142 cm³/mol. The van der Waals surface area contributed by atoms with Crippen LogP contribution in [0.5, 0.6) is 0 Å². The molecular formula is C30H29FN4O2. The van der Waals surface area contributed by atoms with Crippen molar-refractivity contribution >= 4 is 17.3 Å². The van der Waals surface area contributed by atoms with E-state index in [1.165, 1.54) is 22.1 Å². The van der Waals surface area contributed by atoms with Crippen LogP contribution >= 0.6 is 0 Å². The molecule has 1 aliphatic rings. The lowest BCUT2D eigenvalue weighted by Gasteiger charge is -2.35. The molecule has 0 spiro atoms. The third-order valence-electron chi connectivity index (χ3n) is 6.88. The second kappa shape index (κ2) is 10.0. The highest BCUT2D eigenvalue weighted by molar-refractivity contribution is 6.01. The molecule has 1 unspecified atom stereocenters. The van der Waals surface area contributed by atoms with E-state index in [1.54, 1.807) is 19.1 Å². The number of allylic oxidation sites excluding steroid dienone is 1. The van der Waals surface area contributed by atoms with Gasteiger partial charge in [0.05, 0.1) is 17.3 Å². The van der Waals surface area contributed by atoms with Gasteiger partial charge in [0.15, 0.2) is 0 Å². The monoisotopic (exact) mass is 496 g/mol. The largest absolute Gasteiger partial charge is 0.334 e. The zero-order valence-corrected chi connectivity index (χ0v) is 21.4. The Kier molecular flexibility index (Phi) is 6.61. The van der Waals surface area contributed by atoms with Crippen LogP contribution in [0.4, 0.5) is 14.9 Å². The fourth-order valence-electron chi connectivity index (χ4n) is 4.63. The van der Waals surface area contributed by atoms with Crippen molar-refractivity contribution in [3.63, 3.8) is 0 Å². The number of urea groups is 1. The number of carbonyl (C=O) groups excluding carboxylic acids is 1. The first-order chi connectivity index (χ1) is 17.9. The molecule has 2 amide bonds. The number of nitrogens with zero attached hydrogens (tertiary/aromatic N) is 3.